The Labute approximate surface area is 149 Å². The lowest BCUT2D eigenvalue weighted by Gasteiger charge is -2.16. The molecule has 0 aliphatic heterocycles. The maximum atomic E-state index is 12.2. The van der Waals surface area contributed by atoms with Gasteiger partial charge in [-0.3, -0.25) is 4.79 Å². The largest absolute Gasteiger partial charge is 0.480 e. The maximum Gasteiger partial charge on any atom is 0.326 e. The van der Waals surface area contributed by atoms with Gasteiger partial charge in [0.25, 0.3) is 0 Å². The Morgan fingerprint density at radius 2 is 2.08 bits per heavy atom. The van der Waals surface area contributed by atoms with Crippen LogP contribution in [0.1, 0.15) is 37.7 Å². The van der Waals surface area contributed by atoms with Crippen LogP contribution in [-0.2, 0) is 16.0 Å². The van der Waals surface area contributed by atoms with Gasteiger partial charge in [0, 0.05) is 34.4 Å². The van der Waals surface area contributed by atoms with Crippen LogP contribution in [0.4, 0.5) is 0 Å². The number of hydrogen-bond acceptors (Lipinski definition) is 2. The van der Waals surface area contributed by atoms with Gasteiger partial charge in [-0.2, -0.15) is 0 Å². The third kappa shape index (κ3) is 3.80. The molecule has 5 nitrogen and oxygen atoms in total. The van der Waals surface area contributed by atoms with Gasteiger partial charge in [0.15, 0.2) is 0 Å². The molecule has 1 amide bonds. The van der Waals surface area contributed by atoms with Crippen molar-refractivity contribution < 1.29 is 14.7 Å². The van der Waals surface area contributed by atoms with Crippen LogP contribution in [0.3, 0.4) is 0 Å². The number of benzene rings is 1. The number of halogens is 1. The molecule has 0 spiro atoms. The average molecular weight is 393 g/mol. The lowest BCUT2D eigenvalue weighted by atomic mass is 10.0. The van der Waals surface area contributed by atoms with Crippen LogP contribution < -0.4 is 5.32 Å². The first-order chi connectivity index (χ1) is 11.5. The Kier molecular flexibility index (Phi) is 5.23. The normalized spacial score (nSPS) is 16.4. The molecule has 0 radical (unpaired) electrons. The van der Waals surface area contributed by atoms with E-state index < -0.39 is 12.0 Å². The summed E-state index contributed by atoms with van der Waals surface area (Å²) in [6.07, 6.45) is 6.98. The molecule has 0 bridgehead atoms. The zero-order valence-corrected chi connectivity index (χ0v) is 14.9. The number of nitrogens with one attached hydrogen (secondary N) is 2. The Hall–Kier alpha value is -1.82. The van der Waals surface area contributed by atoms with Gasteiger partial charge in [-0.25, -0.2) is 4.79 Å². The molecule has 1 unspecified atom stereocenters. The second kappa shape index (κ2) is 7.38. The zero-order chi connectivity index (χ0) is 17.1. The summed E-state index contributed by atoms with van der Waals surface area (Å²) in [5.74, 6) is -0.758. The van der Waals surface area contributed by atoms with Crippen molar-refractivity contribution >= 4 is 38.7 Å². The van der Waals surface area contributed by atoms with Crippen LogP contribution in [0.2, 0.25) is 0 Å². The molecule has 1 heterocycles. The third-order valence-electron chi connectivity index (χ3n) is 4.74. The summed E-state index contributed by atoms with van der Waals surface area (Å²) in [6, 6.07) is 4.88. The van der Waals surface area contributed by atoms with E-state index in [1.165, 1.54) is 12.8 Å². The van der Waals surface area contributed by atoms with Gasteiger partial charge in [0.1, 0.15) is 6.04 Å². The van der Waals surface area contributed by atoms with E-state index in [1.807, 2.05) is 24.4 Å². The average Bonchev–Trinajstić information content (AvgIpc) is 3.17. The number of carboxylic acid groups (broad SMARTS) is 1. The summed E-state index contributed by atoms with van der Waals surface area (Å²) in [5, 5.41) is 13.2. The number of aromatic amines is 1. The molecule has 0 saturated heterocycles. The van der Waals surface area contributed by atoms with E-state index in [2.05, 4.69) is 26.2 Å². The van der Waals surface area contributed by atoms with Crippen molar-refractivity contribution in [1.29, 1.82) is 0 Å². The number of aromatic nitrogens is 1. The predicted octanol–water partition coefficient (Wildman–Crippen LogP) is 3.62. The molecule has 1 aromatic heterocycles. The molecule has 1 saturated carbocycles. The Balaban J connectivity index is 1.71. The number of carboxylic acids is 1. The number of rotatable bonds is 6. The highest BCUT2D eigenvalue weighted by atomic mass is 79.9. The van der Waals surface area contributed by atoms with Gasteiger partial charge in [-0.05, 0) is 36.5 Å². The van der Waals surface area contributed by atoms with E-state index in [4.69, 9.17) is 0 Å². The highest BCUT2D eigenvalue weighted by Gasteiger charge is 2.25. The van der Waals surface area contributed by atoms with Gasteiger partial charge >= 0.3 is 5.97 Å². The third-order valence-corrected chi connectivity index (χ3v) is 5.40. The first kappa shape index (κ1) is 17.0. The minimum Gasteiger partial charge on any atom is -0.480 e. The van der Waals surface area contributed by atoms with Crippen LogP contribution in [-0.4, -0.2) is 28.0 Å². The second-order valence-electron chi connectivity index (χ2n) is 6.49. The van der Waals surface area contributed by atoms with E-state index in [0.29, 0.717) is 12.3 Å². The summed E-state index contributed by atoms with van der Waals surface area (Å²) in [4.78, 5) is 26.9. The molecule has 1 fully saturated rings. The van der Waals surface area contributed by atoms with Crippen LogP contribution in [0, 0.1) is 5.92 Å². The van der Waals surface area contributed by atoms with E-state index in [-0.39, 0.29) is 12.3 Å². The molecular weight excluding hydrogens is 372 g/mol. The lowest BCUT2D eigenvalue weighted by Crippen LogP contribution is -2.42. The number of aliphatic carboxylic acids is 1. The Morgan fingerprint density at radius 1 is 1.33 bits per heavy atom. The highest BCUT2D eigenvalue weighted by Crippen LogP contribution is 2.29. The number of fused-ring (bicyclic) bond motifs is 1. The van der Waals surface area contributed by atoms with E-state index in [0.717, 1.165) is 33.8 Å². The topological polar surface area (TPSA) is 82.2 Å². The van der Waals surface area contributed by atoms with Crippen LogP contribution in [0.25, 0.3) is 10.9 Å². The molecule has 1 aliphatic rings. The Morgan fingerprint density at radius 3 is 2.79 bits per heavy atom. The van der Waals surface area contributed by atoms with Gasteiger partial charge < -0.3 is 15.4 Å². The highest BCUT2D eigenvalue weighted by molar-refractivity contribution is 9.10. The monoisotopic (exact) mass is 392 g/mol. The number of carbonyl (C=O) groups is 2. The van der Waals surface area contributed by atoms with Gasteiger partial charge in [0.2, 0.25) is 5.91 Å². The number of carbonyl (C=O) groups excluding carboxylic acids is 1. The molecule has 6 heteroatoms. The molecule has 1 aromatic carbocycles. The molecule has 1 aliphatic carbocycles. The maximum absolute atomic E-state index is 12.2. The van der Waals surface area contributed by atoms with Gasteiger partial charge in [-0.15, -0.1) is 0 Å². The summed E-state index contributed by atoms with van der Waals surface area (Å²) >= 11 is 3.51. The molecule has 3 N–H and O–H groups in total. The Bertz CT molecular complexity index is 750. The quantitative estimate of drug-likeness (QED) is 0.701. The summed E-state index contributed by atoms with van der Waals surface area (Å²) < 4.78 is 0.915. The predicted molar refractivity (Wildman–Crippen MR) is 95.8 cm³/mol. The van der Waals surface area contributed by atoms with E-state index in [1.54, 1.807) is 0 Å². The van der Waals surface area contributed by atoms with E-state index in [9.17, 15) is 14.7 Å². The van der Waals surface area contributed by atoms with E-state index >= 15 is 0 Å². The van der Waals surface area contributed by atoms with Gasteiger partial charge in [-0.1, -0.05) is 34.8 Å². The smallest absolute Gasteiger partial charge is 0.326 e. The molecular formula is C18H21BrN2O3. The first-order valence-electron chi connectivity index (χ1n) is 8.31. The second-order valence-corrected chi connectivity index (χ2v) is 7.35. The van der Waals surface area contributed by atoms with Crippen molar-refractivity contribution in [1.82, 2.24) is 10.3 Å². The minimum atomic E-state index is -1.00. The molecule has 1 atom stereocenters. The molecule has 2 aromatic rings. The van der Waals surface area contributed by atoms with Crippen molar-refractivity contribution in [3.63, 3.8) is 0 Å². The van der Waals surface area contributed by atoms with Crippen molar-refractivity contribution in [2.75, 3.05) is 0 Å². The summed E-state index contributed by atoms with van der Waals surface area (Å²) in [7, 11) is 0. The van der Waals surface area contributed by atoms with Gasteiger partial charge in [0.05, 0.1) is 0 Å². The number of amides is 1. The van der Waals surface area contributed by atoms with Crippen LogP contribution in [0.5, 0.6) is 0 Å². The summed E-state index contributed by atoms with van der Waals surface area (Å²) in [6.45, 7) is 0. The first-order valence-corrected chi connectivity index (χ1v) is 9.10. The van der Waals surface area contributed by atoms with Crippen LogP contribution in [0.15, 0.2) is 28.9 Å². The standard InChI is InChI=1S/C18H21BrN2O3/c19-13-6-3-7-14-17(13)12(10-20-14)9-15(18(23)24)21-16(22)8-11-4-1-2-5-11/h3,6-7,10-11,15,20H,1-2,4-5,8-9H2,(H,21,22)(H,23,24). The number of hydrogen-bond donors (Lipinski definition) is 3. The zero-order valence-electron chi connectivity index (χ0n) is 13.3. The fourth-order valence-corrected chi connectivity index (χ4v) is 4.14. The fraction of sp³-hybridized carbons (Fsp3) is 0.444. The van der Waals surface area contributed by atoms with Crippen molar-refractivity contribution in [3.8, 4) is 0 Å². The fourth-order valence-electron chi connectivity index (χ4n) is 3.52. The van der Waals surface area contributed by atoms with Crippen molar-refractivity contribution in [2.45, 2.75) is 44.6 Å². The minimum absolute atomic E-state index is 0.159. The number of H-pyrrole nitrogens is 1. The molecule has 24 heavy (non-hydrogen) atoms. The lowest BCUT2D eigenvalue weighted by molar-refractivity contribution is -0.141. The molecule has 128 valence electrons. The van der Waals surface area contributed by atoms with Crippen molar-refractivity contribution in [3.05, 3.63) is 34.4 Å². The van der Waals surface area contributed by atoms with Crippen LogP contribution >= 0.6 is 15.9 Å². The SMILES string of the molecule is O=C(CC1CCCC1)NC(Cc1c[nH]c2cccc(Br)c12)C(=O)O. The molecule has 3 rings (SSSR count). The summed E-state index contributed by atoms with van der Waals surface area (Å²) in [5.41, 5.74) is 1.83. The van der Waals surface area contributed by atoms with Crippen molar-refractivity contribution in [2.24, 2.45) is 5.92 Å².